The normalized spacial score (nSPS) is 11.3. The van der Waals surface area contributed by atoms with Crippen LogP contribution in [0.4, 0.5) is 5.69 Å². The molecule has 0 aliphatic carbocycles. The van der Waals surface area contributed by atoms with E-state index in [4.69, 9.17) is 21.1 Å². The van der Waals surface area contributed by atoms with Crippen molar-refractivity contribution in [1.29, 1.82) is 0 Å². The van der Waals surface area contributed by atoms with Crippen LogP contribution in [0.3, 0.4) is 0 Å². The van der Waals surface area contributed by atoms with E-state index in [1.165, 1.54) is 45.6 Å². The van der Waals surface area contributed by atoms with Crippen LogP contribution in [0.15, 0.2) is 41.3 Å². The van der Waals surface area contributed by atoms with Gasteiger partial charge in [0.1, 0.15) is 11.5 Å². The van der Waals surface area contributed by atoms with Crippen LogP contribution in [-0.2, 0) is 16.4 Å². The fourth-order valence-corrected chi connectivity index (χ4v) is 4.03. The van der Waals surface area contributed by atoms with E-state index in [2.05, 4.69) is 11.6 Å². The van der Waals surface area contributed by atoms with Crippen LogP contribution in [0, 0.1) is 0 Å². The van der Waals surface area contributed by atoms with Gasteiger partial charge in [-0.3, -0.25) is 4.72 Å². The van der Waals surface area contributed by atoms with Crippen LogP contribution in [0.2, 0.25) is 5.02 Å². The Morgan fingerprint density at radius 1 is 0.963 bits per heavy atom. The zero-order valence-electron chi connectivity index (χ0n) is 15.9. The fraction of sp³-hybridized carbons (Fsp3) is 0.400. The Balaban J connectivity index is 2.17. The van der Waals surface area contributed by atoms with Gasteiger partial charge in [-0.15, -0.1) is 0 Å². The number of unbranched alkanes of at least 4 members (excludes halogenated alkanes) is 3. The molecule has 0 amide bonds. The van der Waals surface area contributed by atoms with Crippen LogP contribution in [0.1, 0.15) is 38.2 Å². The Labute approximate surface area is 166 Å². The summed E-state index contributed by atoms with van der Waals surface area (Å²) in [6.45, 7) is 2.18. The van der Waals surface area contributed by atoms with Crippen molar-refractivity contribution in [3.05, 3.63) is 47.0 Å². The summed E-state index contributed by atoms with van der Waals surface area (Å²) in [6.07, 6.45) is 5.68. The third-order valence-electron chi connectivity index (χ3n) is 4.27. The molecule has 5 nitrogen and oxygen atoms in total. The molecule has 0 fully saturated rings. The number of sulfonamides is 1. The van der Waals surface area contributed by atoms with Gasteiger partial charge in [0.15, 0.2) is 0 Å². The van der Waals surface area contributed by atoms with Crippen LogP contribution in [-0.4, -0.2) is 22.6 Å². The summed E-state index contributed by atoms with van der Waals surface area (Å²) in [5.41, 5.74) is 1.40. The largest absolute Gasteiger partial charge is 0.495 e. The lowest BCUT2D eigenvalue weighted by Crippen LogP contribution is -2.14. The predicted octanol–water partition coefficient (Wildman–Crippen LogP) is 5.28. The Morgan fingerprint density at radius 3 is 2.22 bits per heavy atom. The summed E-state index contributed by atoms with van der Waals surface area (Å²) in [6, 6.07) is 9.98. The first-order chi connectivity index (χ1) is 12.9. The van der Waals surface area contributed by atoms with Gasteiger partial charge >= 0.3 is 0 Å². The fourth-order valence-electron chi connectivity index (χ4n) is 2.74. The zero-order valence-corrected chi connectivity index (χ0v) is 17.5. The van der Waals surface area contributed by atoms with E-state index in [9.17, 15) is 8.42 Å². The van der Waals surface area contributed by atoms with Gasteiger partial charge in [0.2, 0.25) is 0 Å². The molecule has 0 unspecified atom stereocenters. The van der Waals surface area contributed by atoms with Crippen molar-refractivity contribution in [3.63, 3.8) is 0 Å². The summed E-state index contributed by atoms with van der Waals surface area (Å²) in [5, 5.41) is 0.338. The molecule has 1 N–H and O–H groups in total. The molecule has 0 aliphatic heterocycles. The second kappa shape index (κ2) is 9.85. The van der Waals surface area contributed by atoms with Crippen molar-refractivity contribution in [2.75, 3.05) is 18.9 Å². The molecular weight excluding hydrogens is 386 g/mol. The van der Waals surface area contributed by atoms with Gasteiger partial charge in [0.05, 0.1) is 29.8 Å². The quantitative estimate of drug-likeness (QED) is 0.540. The molecule has 0 aliphatic rings. The first-order valence-corrected chi connectivity index (χ1v) is 10.8. The zero-order chi connectivity index (χ0) is 19.9. The van der Waals surface area contributed by atoms with E-state index in [-0.39, 0.29) is 10.6 Å². The molecular formula is C20H26ClNO4S. The minimum absolute atomic E-state index is 0.191. The molecule has 2 rings (SSSR count). The Hall–Kier alpha value is -1.92. The third kappa shape index (κ3) is 5.78. The number of benzene rings is 2. The number of hydrogen-bond donors (Lipinski definition) is 1. The molecule has 0 aromatic heterocycles. The predicted molar refractivity (Wildman–Crippen MR) is 110 cm³/mol. The average Bonchev–Trinajstić information content (AvgIpc) is 2.66. The first-order valence-electron chi connectivity index (χ1n) is 8.94. The number of anilines is 1. The summed E-state index contributed by atoms with van der Waals surface area (Å²) >= 11 is 6.07. The third-order valence-corrected chi connectivity index (χ3v) is 5.95. The number of aryl methyl sites for hydroxylation is 1. The number of hydrogen-bond acceptors (Lipinski definition) is 4. The van der Waals surface area contributed by atoms with Crippen LogP contribution >= 0.6 is 11.6 Å². The smallest absolute Gasteiger partial charge is 0.262 e. The molecule has 0 radical (unpaired) electrons. The van der Waals surface area contributed by atoms with E-state index in [0.717, 1.165) is 18.4 Å². The van der Waals surface area contributed by atoms with Crippen molar-refractivity contribution in [2.45, 2.75) is 43.9 Å². The summed E-state index contributed by atoms with van der Waals surface area (Å²) in [7, 11) is -0.847. The molecule has 0 spiro atoms. The van der Waals surface area contributed by atoms with E-state index in [1.54, 1.807) is 12.1 Å². The molecule has 2 aromatic carbocycles. The first kappa shape index (κ1) is 21.4. The van der Waals surface area contributed by atoms with E-state index >= 15 is 0 Å². The molecule has 27 heavy (non-hydrogen) atoms. The highest BCUT2D eigenvalue weighted by Gasteiger charge is 2.18. The van der Waals surface area contributed by atoms with Gasteiger partial charge in [0, 0.05) is 12.1 Å². The molecule has 0 saturated heterocycles. The average molecular weight is 412 g/mol. The number of rotatable bonds is 10. The minimum atomic E-state index is -3.76. The number of halogens is 1. The second-order valence-corrected chi connectivity index (χ2v) is 8.34. The molecule has 2 aromatic rings. The molecule has 0 saturated carbocycles. The summed E-state index contributed by atoms with van der Waals surface area (Å²) in [5.74, 6) is 0.675. The Kier molecular flexibility index (Phi) is 7.80. The Morgan fingerprint density at radius 2 is 1.63 bits per heavy atom. The van der Waals surface area contributed by atoms with Crippen molar-refractivity contribution >= 4 is 27.3 Å². The topological polar surface area (TPSA) is 64.6 Å². The van der Waals surface area contributed by atoms with E-state index < -0.39 is 10.0 Å². The van der Waals surface area contributed by atoms with Crippen LogP contribution < -0.4 is 14.2 Å². The number of methoxy groups -OCH3 is 2. The summed E-state index contributed by atoms with van der Waals surface area (Å²) in [4.78, 5) is 0.191. The molecule has 0 atom stereocenters. The molecule has 148 valence electrons. The van der Waals surface area contributed by atoms with E-state index in [1.807, 2.05) is 12.1 Å². The molecule has 7 heteroatoms. The lowest BCUT2D eigenvalue weighted by atomic mass is 10.1. The van der Waals surface area contributed by atoms with Gasteiger partial charge in [-0.05, 0) is 30.5 Å². The monoisotopic (exact) mass is 411 g/mol. The van der Waals surface area contributed by atoms with Gasteiger partial charge in [-0.25, -0.2) is 8.42 Å². The number of ether oxygens (including phenoxy) is 2. The lowest BCUT2D eigenvalue weighted by Gasteiger charge is -2.14. The maximum absolute atomic E-state index is 12.7. The van der Waals surface area contributed by atoms with Crippen molar-refractivity contribution < 1.29 is 17.9 Å². The molecule has 0 heterocycles. The Bertz CT molecular complexity index is 851. The lowest BCUT2D eigenvalue weighted by molar-refractivity contribution is 0.405. The highest BCUT2D eigenvalue weighted by atomic mass is 35.5. The summed E-state index contributed by atoms with van der Waals surface area (Å²) < 4.78 is 38.4. The van der Waals surface area contributed by atoms with Gasteiger partial charge in [0.25, 0.3) is 10.0 Å². The van der Waals surface area contributed by atoms with Crippen LogP contribution in [0.25, 0.3) is 0 Å². The maximum atomic E-state index is 12.7. The minimum Gasteiger partial charge on any atom is -0.495 e. The van der Waals surface area contributed by atoms with E-state index in [0.29, 0.717) is 16.5 Å². The second-order valence-electron chi connectivity index (χ2n) is 6.25. The van der Waals surface area contributed by atoms with Gasteiger partial charge in [-0.2, -0.15) is 0 Å². The maximum Gasteiger partial charge on any atom is 0.262 e. The SMILES string of the molecule is CCCCCCc1ccc(S(=O)(=O)Nc2cc(OC)c(Cl)cc2OC)cc1. The van der Waals surface area contributed by atoms with Crippen molar-refractivity contribution in [2.24, 2.45) is 0 Å². The highest BCUT2D eigenvalue weighted by molar-refractivity contribution is 7.92. The van der Waals surface area contributed by atoms with Crippen molar-refractivity contribution in [1.82, 2.24) is 0 Å². The van der Waals surface area contributed by atoms with Gasteiger partial charge in [-0.1, -0.05) is 49.9 Å². The van der Waals surface area contributed by atoms with Crippen molar-refractivity contribution in [3.8, 4) is 11.5 Å². The van der Waals surface area contributed by atoms with Gasteiger partial charge < -0.3 is 9.47 Å². The molecule has 0 bridgehead atoms. The standard InChI is InChI=1S/C20H26ClNO4S/c1-4-5-6-7-8-15-9-11-16(12-10-15)27(23,24)22-18-14-19(25-2)17(21)13-20(18)26-3/h9-14,22H,4-8H2,1-3H3. The number of nitrogens with one attached hydrogen (secondary N) is 1. The van der Waals surface area contributed by atoms with Crippen LogP contribution in [0.5, 0.6) is 11.5 Å². The highest BCUT2D eigenvalue weighted by Crippen LogP contribution is 2.36.